The van der Waals surface area contributed by atoms with Crippen molar-refractivity contribution in [2.75, 3.05) is 55.7 Å². The molecular weight excluding hydrogens is 863 g/mol. The topological polar surface area (TPSA) is 167 Å². The summed E-state index contributed by atoms with van der Waals surface area (Å²) < 4.78 is 20.5. The second-order valence-corrected chi connectivity index (χ2v) is 18.3. The molecule has 5 aromatic rings. The van der Waals surface area contributed by atoms with Crippen LogP contribution in [0, 0.1) is 17.2 Å². The van der Waals surface area contributed by atoms with E-state index in [1.165, 1.54) is 11.0 Å². The molecule has 0 spiro atoms. The Hall–Kier alpha value is -6.92. The molecule has 4 aliphatic heterocycles. The van der Waals surface area contributed by atoms with E-state index >= 15 is 0 Å². The number of carbonyl (C=O) groups is 3. The molecule has 0 unspecified atom stereocenters. The molecule has 0 saturated carbocycles. The van der Waals surface area contributed by atoms with E-state index in [1.54, 1.807) is 17.0 Å². The van der Waals surface area contributed by atoms with E-state index < -0.39 is 17.8 Å². The van der Waals surface area contributed by atoms with E-state index in [0.29, 0.717) is 74.1 Å². The van der Waals surface area contributed by atoms with Crippen LogP contribution in [0.1, 0.15) is 81.3 Å². The van der Waals surface area contributed by atoms with Crippen LogP contribution in [0.3, 0.4) is 0 Å². The van der Waals surface area contributed by atoms with Gasteiger partial charge in [-0.3, -0.25) is 14.4 Å². The third-order valence-electron chi connectivity index (χ3n) is 13.3. The summed E-state index contributed by atoms with van der Waals surface area (Å²) in [4.78, 5) is 59.3. The molecule has 2 atom stereocenters. The summed E-state index contributed by atoms with van der Waals surface area (Å²) in [5.74, 6) is -2.11. The van der Waals surface area contributed by atoms with E-state index in [0.717, 1.165) is 38.8 Å². The molecule has 0 bridgehead atoms. The number of amides is 3. The third-order valence-corrected chi connectivity index (χ3v) is 13.6. The second kappa shape index (κ2) is 18.2. The Kier molecular flexibility index (Phi) is 12.2. The minimum atomic E-state index is -1.07. The molecular formula is C50H50ClFN8O6. The van der Waals surface area contributed by atoms with Crippen molar-refractivity contribution in [2.24, 2.45) is 5.92 Å². The van der Waals surface area contributed by atoms with Crippen LogP contribution in [0.4, 0.5) is 15.9 Å². The van der Waals surface area contributed by atoms with Gasteiger partial charge in [-0.1, -0.05) is 62.4 Å². The molecule has 3 amide bonds. The molecule has 5 heterocycles. The number of aromatic nitrogens is 2. The summed E-state index contributed by atoms with van der Waals surface area (Å²) in [5, 5.41) is 33.2. The molecule has 2 N–H and O–H groups in total. The first kappa shape index (κ1) is 44.3. The SMILES string of the molecule is C=C(F)C(=O)N1CCN(c2nc(OC[C@@H]3CCN(C(=O)c4ccc5c(c4)CN(C(=O)c4cc(C(C)C)c(O)cc4O)C5)C3)nc3c2CCN(c2cccc4cccc(Cl)c24)C3)C[C@@H]1CC#N. The zero-order valence-electron chi connectivity index (χ0n) is 36.8. The number of hydrogen-bond acceptors (Lipinski definition) is 11. The van der Waals surface area contributed by atoms with Crippen LogP contribution in [-0.2, 0) is 30.8 Å². The van der Waals surface area contributed by atoms with Gasteiger partial charge >= 0.3 is 6.01 Å². The molecule has 0 radical (unpaired) electrons. The molecule has 2 saturated heterocycles. The second-order valence-electron chi connectivity index (χ2n) is 17.9. The lowest BCUT2D eigenvalue weighted by atomic mass is 9.98. The first-order valence-corrected chi connectivity index (χ1v) is 22.6. The summed E-state index contributed by atoms with van der Waals surface area (Å²) in [5.41, 5.74) is 5.70. The number of carbonyl (C=O) groups excluding carboxylic acids is 3. The van der Waals surface area contributed by atoms with E-state index in [9.17, 15) is 34.2 Å². The fourth-order valence-corrected chi connectivity index (χ4v) is 10.1. The summed E-state index contributed by atoms with van der Waals surface area (Å²) in [6.45, 7) is 10.7. The third kappa shape index (κ3) is 8.53. The van der Waals surface area contributed by atoms with Crippen molar-refractivity contribution in [3.05, 3.63) is 123 Å². The largest absolute Gasteiger partial charge is 0.508 e. The average Bonchev–Trinajstić information content (AvgIpc) is 3.97. The number of hydrogen-bond donors (Lipinski definition) is 2. The van der Waals surface area contributed by atoms with Gasteiger partial charge in [0.25, 0.3) is 17.7 Å². The Labute approximate surface area is 387 Å². The summed E-state index contributed by atoms with van der Waals surface area (Å²) >= 11 is 6.76. The summed E-state index contributed by atoms with van der Waals surface area (Å²) in [6.07, 6.45) is 1.31. The smallest absolute Gasteiger partial charge is 0.318 e. The van der Waals surface area contributed by atoms with Gasteiger partial charge in [0.15, 0.2) is 5.83 Å². The number of aromatic hydroxyl groups is 2. The molecule has 4 aliphatic rings. The van der Waals surface area contributed by atoms with Gasteiger partial charge in [-0.15, -0.1) is 0 Å². The van der Waals surface area contributed by atoms with Crippen molar-refractivity contribution in [2.45, 2.75) is 64.7 Å². The molecule has 2 fully saturated rings. The van der Waals surface area contributed by atoms with Crippen LogP contribution < -0.4 is 14.5 Å². The molecule has 340 valence electrons. The molecule has 0 aliphatic carbocycles. The number of nitriles is 1. The van der Waals surface area contributed by atoms with E-state index in [1.807, 2.05) is 66.1 Å². The number of halogens is 2. The highest BCUT2D eigenvalue weighted by molar-refractivity contribution is 6.36. The van der Waals surface area contributed by atoms with Crippen LogP contribution in [-0.4, -0.2) is 105 Å². The van der Waals surface area contributed by atoms with Crippen LogP contribution in [0.25, 0.3) is 10.8 Å². The van der Waals surface area contributed by atoms with Gasteiger partial charge < -0.3 is 39.4 Å². The number of fused-ring (bicyclic) bond motifs is 3. The number of ether oxygens (including phenoxy) is 1. The standard InChI is InChI=1S/C50H50ClFN8O6/c1-29(2)38-21-39(44(62)22-43(38)61)49(65)59-24-34-11-10-33(20-35(34)25-59)48(64)58-16-13-31(23-58)28-66-50-54-41-27-56(42-9-5-7-32-6-4-8-40(51)45(32)42)17-14-37(41)46(55-50)57-18-19-60(47(63)30(3)52)36(26-57)12-15-53/h4-11,20-22,29,31,36,61-62H,3,12-14,16-19,23-28H2,1-2H3/t31-,36+/m1/s1. The zero-order chi connectivity index (χ0) is 46.4. The molecule has 16 heteroatoms. The van der Waals surface area contributed by atoms with Crippen molar-refractivity contribution < 1.29 is 33.7 Å². The van der Waals surface area contributed by atoms with E-state index in [2.05, 4.69) is 23.6 Å². The molecule has 4 aromatic carbocycles. The Morgan fingerprint density at radius 1 is 0.909 bits per heavy atom. The number of phenolic OH excluding ortho intramolecular Hbond substituents is 2. The van der Waals surface area contributed by atoms with Crippen LogP contribution in [0.2, 0.25) is 5.02 Å². The lowest BCUT2D eigenvalue weighted by molar-refractivity contribution is -0.131. The van der Waals surface area contributed by atoms with Gasteiger partial charge in [0.2, 0.25) is 0 Å². The first-order chi connectivity index (χ1) is 31.8. The number of nitrogens with zero attached hydrogens (tertiary/aromatic N) is 8. The van der Waals surface area contributed by atoms with Gasteiger partial charge in [0.1, 0.15) is 17.3 Å². The summed E-state index contributed by atoms with van der Waals surface area (Å²) in [7, 11) is 0. The zero-order valence-corrected chi connectivity index (χ0v) is 37.6. The lowest BCUT2D eigenvalue weighted by Crippen LogP contribution is -2.55. The van der Waals surface area contributed by atoms with E-state index in [4.69, 9.17) is 26.3 Å². The quantitative estimate of drug-likeness (QED) is 0.133. The van der Waals surface area contributed by atoms with Gasteiger partial charge in [-0.25, -0.2) is 4.39 Å². The maximum absolute atomic E-state index is 14.1. The summed E-state index contributed by atoms with van der Waals surface area (Å²) in [6, 6.07) is 22.0. The van der Waals surface area contributed by atoms with E-state index in [-0.39, 0.29) is 79.4 Å². The predicted octanol–water partition coefficient (Wildman–Crippen LogP) is 7.49. The average molecular weight is 913 g/mol. The number of likely N-dealkylation sites (tertiary alicyclic amines) is 1. The Balaban J connectivity index is 0.907. The molecule has 9 rings (SSSR count). The molecule has 66 heavy (non-hydrogen) atoms. The monoisotopic (exact) mass is 912 g/mol. The highest BCUT2D eigenvalue weighted by atomic mass is 35.5. The van der Waals surface area contributed by atoms with Gasteiger partial charge in [-0.2, -0.15) is 15.2 Å². The van der Waals surface area contributed by atoms with Crippen molar-refractivity contribution in [1.29, 1.82) is 5.26 Å². The van der Waals surface area contributed by atoms with Gasteiger partial charge in [0.05, 0.1) is 48.0 Å². The van der Waals surface area contributed by atoms with Crippen molar-refractivity contribution in [3.8, 4) is 23.6 Å². The van der Waals surface area contributed by atoms with Gasteiger partial charge in [-0.05, 0) is 71.2 Å². The minimum absolute atomic E-state index is 0.00785. The fourth-order valence-electron chi connectivity index (χ4n) is 9.81. The van der Waals surface area contributed by atoms with Gasteiger partial charge in [0, 0.05) is 86.5 Å². The van der Waals surface area contributed by atoms with Crippen molar-refractivity contribution >= 4 is 51.6 Å². The number of phenols is 2. The minimum Gasteiger partial charge on any atom is -0.508 e. The Morgan fingerprint density at radius 3 is 2.47 bits per heavy atom. The highest BCUT2D eigenvalue weighted by Crippen LogP contribution is 2.39. The lowest BCUT2D eigenvalue weighted by Gasteiger charge is -2.42. The maximum Gasteiger partial charge on any atom is 0.318 e. The van der Waals surface area contributed by atoms with Crippen LogP contribution >= 0.6 is 11.6 Å². The first-order valence-electron chi connectivity index (χ1n) is 22.3. The fraction of sp³-hybridized carbons (Fsp3) is 0.360. The number of rotatable bonds is 10. The number of piperazine rings is 1. The molecule has 1 aromatic heterocycles. The molecule has 14 nitrogen and oxygen atoms in total. The maximum atomic E-state index is 14.1. The van der Waals surface area contributed by atoms with Crippen LogP contribution in [0.15, 0.2) is 79.1 Å². The highest BCUT2D eigenvalue weighted by Gasteiger charge is 2.36. The Morgan fingerprint density at radius 2 is 1.70 bits per heavy atom. The van der Waals surface area contributed by atoms with Crippen molar-refractivity contribution in [3.63, 3.8) is 0 Å². The Bertz CT molecular complexity index is 2830. The van der Waals surface area contributed by atoms with Crippen LogP contribution in [0.5, 0.6) is 17.5 Å². The number of anilines is 2. The van der Waals surface area contributed by atoms with Crippen molar-refractivity contribution in [1.82, 2.24) is 24.7 Å². The normalized spacial score (nSPS) is 18.1. The predicted molar refractivity (Wildman–Crippen MR) is 247 cm³/mol. The number of benzene rings is 4.